The summed E-state index contributed by atoms with van der Waals surface area (Å²) < 4.78 is 22.3. The Balaban J connectivity index is 1.32. The van der Waals surface area contributed by atoms with E-state index in [9.17, 15) is 15.3 Å². The standard InChI is InChI=1S/C36H53N5O6Si2/c1-35(2,3)48(7,8)45-18-25-24(47-49(9,10)36(4,5)6)17-26(46-25)41-20-39-29-33(37-19-38-34(29)41)40-28-27-22-14-12-11-13-21(22)15-16-23(27)30(42)32(44)31(28)43/h11-16,19-20,24-26,28,30-32,42-44H,17-18H2,1-10H3,(H,37,38,40)/t24-,25+,26+,28+,30+,31+,32-/m0/s1. The summed E-state index contributed by atoms with van der Waals surface area (Å²) >= 11 is 0. The van der Waals surface area contributed by atoms with Gasteiger partial charge in [-0.15, -0.1) is 0 Å². The van der Waals surface area contributed by atoms with E-state index in [0.29, 0.717) is 41.1 Å². The van der Waals surface area contributed by atoms with Gasteiger partial charge in [-0.25, -0.2) is 15.0 Å². The molecular formula is C36H53N5O6Si2. The molecule has 1 aliphatic heterocycles. The summed E-state index contributed by atoms with van der Waals surface area (Å²) in [5.74, 6) is 0.403. The molecule has 2 aromatic heterocycles. The van der Waals surface area contributed by atoms with Crippen LogP contribution in [-0.2, 0) is 13.6 Å². The SMILES string of the molecule is CC(C)(C)[Si](C)(C)OC[C@H]1O[C@@H](n2cnc3c(N[C@@H]4c5c(ccc6ccccc56)[C@@H](O)[C@H](O)[C@@H]4O)ncnc32)C[C@@H]1O[Si](C)(C)C(C)(C)C. The van der Waals surface area contributed by atoms with Crippen molar-refractivity contribution >= 4 is 44.4 Å². The Hall–Kier alpha value is -2.76. The van der Waals surface area contributed by atoms with E-state index in [0.717, 1.165) is 10.8 Å². The van der Waals surface area contributed by atoms with Crippen molar-refractivity contribution in [2.24, 2.45) is 0 Å². The highest BCUT2D eigenvalue weighted by molar-refractivity contribution is 6.74. The average Bonchev–Trinajstić information content (AvgIpc) is 3.63. The molecule has 4 N–H and O–H groups in total. The molecule has 11 nitrogen and oxygen atoms in total. The number of hydrogen-bond acceptors (Lipinski definition) is 10. The summed E-state index contributed by atoms with van der Waals surface area (Å²) in [4.78, 5) is 13.9. The monoisotopic (exact) mass is 707 g/mol. The van der Waals surface area contributed by atoms with E-state index in [1.165, 1.54) is 6.33 Å². The number of nitrogens with one attached hydrogen (secondary N) is 1. The van der Waals surface area contributed by atoms with Crippen LogP contribution in [0.1, 0.15) is 77.5 Å². The van der Waals surface area contributed by atoms with Gasteiger partial charge in [0, 0.05) is 6.42 Å². The Morgan fingerprint density at radius 1 is 0.898 bits per heavy atom. The molecule has 6 rings (SSSR count). The van der Waals surface area contributed by atoms with Crippen LogP contribution in [0.25, 0.3) is 21.9 Å². The summed E-state index contributed by atoms with van der Waals surface area (Å²) in [6.45, 7) is 22.9. The quantitative estimate of drug-likeness (QED) is 0.148. The van der Waals surface area contributed by atoms with Gasteiger partial charge >= 0.3 is 0 Å². The number of hydrogen-bond donors (Lipinski definition) is 4. The fraction of sp³-hybridized carbons (Fsp3) is 0.583. The minimum atomic E-state index is -2.14. The molecule has 0 unspecified atom stereocenters. The largest absolute Gasteiger partial charge is 0.414 e. The number of benzene rings is 2. The van der Waals surface area contributed by atoms with E-state index >= 15 is 0 Å². The van der Waals surface area contributed by atoms with Gasteiger partial charge in [0.1, 0.15) is 37.0 Å². The lowest BCUT2D eigenvalue weighted by Crippen LogP contribution is -2.48. The molecule has 0 saturated carbocycles. The number of rotatable bonds is 8. The van der Waals surface area contributed by atoms with Crippen molar-refractivity contribution in [3.05, 3.63) is 60.2 Å². The minimum absolute atomic E-state index is 0.0304. The van der Waals surface area contributed by atoms with Gasteiger partial charge in [-0.2, -0.15) is 0 Å². The van der Waals surface area contributed by atoms with Gasteiger partial charge in [-0.3, -0.25) is 4.57 Å². The van der Waals surface area contributed by atoms with Crippen LogP contribution in [-0.4, -0.2) is 82.5 Å². The molecule has 1 saturated heterocycles. The van der Waals surface area contributed by atoms with Gasteiger partial charge < -0.3 is 34.2 Å². The molecule has 2 aromatic carbocycles. The lowest BCUT2D eigenvalue weighted by molar-refractivity contribution is -0.0766. The number of imidazole rings is 1. The number of nitrogens with zero attached hydrogens (tertiary/aromatic N) is 4. The molecule has 49 heavy (non-hydrogen) atoms. The van der Waals surface area contributed by atoms with Crippen molar-refractivity contribution in [3.63, 3.8) is 0 Å². The lowest BCUT2D eigenvalue weighted by atomic mass is 9.79. The second-order valence-electron chi connectivity index (χ2n) is 16.7. The van der Waals surface area contributed by atoms with E-state index in [-0.39, 0.29) is 22.3 Å². The predicted molar refractivity (Wildman–Crippen MR) is 196 cm³/mol. The van der Waals surface area contributed by atoms with Crippen molar-refractivity contribution in [3.8, 4) is 0 Å². The van der Waals surface area contributed by atoms with E-state index in [2.05, 4.69) is 83.0 Å². The molecular weight excluding hydrogens is 655 g/mol. The van der Waals surface area contributed by atoms with Crippen molar-refractivity contribution in [2.75, 3.05) is 11.9 Å². The van der Waals surface area contributed by atoms with Crippen LogP contribution in [0.5, 0.6) is 0 Å². The summed E-state index contributed by atoms with van der Waals surface area (Å²) in [7, 11) is -4.18. The zero-order chi connectivity index (χ0) is 35.7. The van der Waals surface area contributed by atoms with Gasteiger partial charge in [0.15, 0.2) is 33.6 Å². The minimum Gasteiger partial charge on any atom is -0.414 e. The lowest BCUT2D eigenvalue weighted by Gasteiger charge is -2.40. The molecule has 1 fully saturated rings. The Kier molecular flexibility index (Phi) is 9.40. The molecule has 3 heterocycles. The Morgan fingerprint density at radius 3 is 2.29 bits per heavy atom. The number of aliphatic hydroxyl groups excluding tert-OH is 3. The van der Waals surface area contributed by atoms with E-state index < -0.39 is 47.2 Å². The van der Waals surface area contributed by atoms with Gasteiger partial charge in [-0.1, -0.05) is 77.9 Å². The Morgan fingerprint density at radius 2 is 1.59 bits per heavy atom. The van der Waals surface area contributed by atoms with Crippen LogP contribution >= 0.6 is 0 Å². The number of anilines is 1. The molecule has 2 aliphatic rings. The predicted octanol–water partition coefficient (Wildman–Crippen LogP) is 6.60. The van der Waals surface area contributed by atoms with Crippen molar-refractivity contribution < 1.29 is 28.9 Å². The summed E-state index contributed by atoms with van der Waals surface area (Å²) in [5, 5.41) is 38.4. The van der Waals surface area contributed by atoms with Gasteiger partial charge in [0.2, 0.25) is 0 Å². The highest BCUT2D eigenvalue weighted by Crippen LogP contribution is 2.45. The third kappa shape index (κ3) is 6.60. The smallest absolute Gasteiger partial charge is 0.192 e. The Bertz CT molecular complexity index is 1820. The summed E-state index contributed by atoms with van der Waals surface area (Å²) in [6.07, 6.45) is -0.961. The van der Waals surface area contributed by atoms with Crippen molar-refractivity contribution in [1.29, 1.82) is 0 Å². The molecule has 13 heteroatoms. The average molecular weight is 708 g/mol. The number of ether oxygens (including phenoxy) is 1. The first-order chi connectivity index (χ1) is 22.8. The second-order valence-corrected chi connectivity index (χ2v) is 26.3. The third-order valence-corrected chi connectivity index (χ3v) is 20.5. The maximum atomic E-state index is 11.3. The van der Waals surface area contributed by atoms with Crippen LogP contribution in [0.2, 0.25) is 36.3 Å². The number of aromatic nitrogens is 4. The molecule has 0 spiro atoms. The second kappa shape index (κ2) is 12.8. The molecule has 4 aromatic rings. The van der Waals surface area contributed by atoms with Crippen molar-refractivity contribution in [1.82, 2.24) is 19.5 Å². The van der Waals surface area contributed by atoms with E-state index in [4.69, 9.17) is 18.6 Å². The van der Waals surface area contributed by atoms with E-state index in [1.807, 2.05) is 34.9 Å². The normalized spacial score (nSPS) is 26.8. The molecule has 1 aliphatic carbocycles. The van der Waals surface area contributed by atoms with Crippen LogP contribution in [0.3, 0.4) is 0 Å². The first kappa shape index (κ1) is 36.0. The zero-order valence-corrected chi connectivity index (χ0v) is 32.4. The molecule has 0 bridgehead atoms. The molecule has 266 valence electrons. The third-order valence-electron chi connectivity index (χ3n) is 11.5. The van der Waals surface area contributed by atoms with Gasteiger partial charge in [0.25, 0.3) is 0 Å². The maximum absolute atomic E-state index is 11.3. The highest BCUT2D eigenvalue weighted by Gasteiger charge is 2.47. The van der Waals surface area contributed by atoms with E-state index in [1.54, 1.807) is 12.4 Å². The van der Waals surface area contributed by atoms with Crippen LogP contribution in [0.4, 0.5) is 5.82 Å². The fourth-order valence-corrected chi connectivity index (χ4v) is 8.71. The number of fused-ring (bicyclic) bond motifs is 4. The topological polar surface area (TPSA) is 144 Å². The van der Waals surface area contributed by atoms with Crippen molar-refractivity contribution in [2.45, 2.75) is 127 Å². The Labute approximate surface area is 291 Å². The number of aliphatic hydroxyl groups is 3. The highest BCUT2D eigenvalue weighted by atomic mass is 28.4. The van der Waals surface area contributed by atoms with Crippen LogP contribution in [0.15, 0.2) is 49.1 Å². The molecule has 7 atom stereocenters. The molecule has 0 radical (unpaired) electrons. The summed E-state index contributed by atoms with van der Waals surface area (Å²) in [5.41, 5.74) is 2.35. The molecule has 0 amide bonds. The first-order valence-electron chi connectivity index (χ1n) is 17.3. The van der Waals surface area contributed by atoms with Crippen LogP contribution in [0, 0.1) is 0 Å². The summed E-state index contributed by atoms with van der Waals surface area (Å²) in [6, 6.07) is 10.7. The van der Waals surface area contributed by atoms with Crippen LogP contribution < -0.4 is 5.32 Å². The maximum Gasteiger partial charge on any atom is 0.192 e. The van der Waals surface area contributed by atoms with Gasteiger partial charge in [-0.05, 0) is 58.2 Å². The fourth-order valence-electron chi connectivity index (χ4n) is 6.34. The van der Waals surface area contributed by atoms with Gasteiger partial charge in [0.05, 0.1) is 25.1 Å². The zero-order valence-electron chi connectivity index (χ0n) is 30.4. The first-order valence-corrected chi connectivity index (χ1v) is 23.1.